The minimum Gasteiger partial charge on any atom is -0.438 e. The third kappa shape index (κ3) is 4.97. The average Bonchev–Trinajstić information content (AvgIpc) is 2.11. The normalized spacial score (nSPS) is 11.1. The van der Waals surface area contributed by atoms with Crippen LogP contribution in [0.25, 0.3) is 0 Å². The molecule has 4 nitrogen and oxygen atoms in total. The summed E-state index contributed by atoms with van der Waals surface area (Å²) in [5.74, 6) is -0.389. The molecule has 0 fully saturated rings. The van der Waals surface area contributed by atoms with Crippen LogP contribution in [0, 0.1) is 5.41 Å². The molecule has 0 aromatic carbocycles. The SMILES string of the molecule is CCC(C)(C)C(=O)OCOCC(C)=O. The van der Waals surface area contributed by atoms with E-state index in [2.05, 4.69) is 0 Å². The lowest BCUT2D eigenvalue weighted by Crippen LogP contribution is -2.26. The van der Waals surface area contributed by atoms with Gasteiger partial charge in [0.15, 0.2) is 12.6 Å². The molecular formula is C10H18O4. The number of carbonyl (C=O) groups excluding carboxylic acids is 2. The highest BCUT2D eigenvalue weighted by Gasteiger charge is 2.26. The van der Waals surface area contributed by atoms with Crippen molar-refractivity contribution in [1.29, 1.82) is 0 Å². The Morgan fingerprint density at radius 2 is 1.86 bits per heavy atom. The summed E-state index contributed by atoms with van der Waals surface area (Å²) in [5.41, 5.74) is -0.487. The zero-order chi connectivity index (χ0) is 11.2. The van der Waals surface area contributed by atoms with E-state index in [1.54, 1.807) is 13.8 Å². The molecule has 0 aliphatic rings. The van der Waals surface area contributed by atoms with Crippen molar-refractivity contribution in [2.75, 3.05) is 13.4 Å². The van der Waals surface area contributed by atoms with Gasteiger partial charge in [-0.15, -0.1) is 0 Å². The summed E-state index contributed by atoms with van der Waals surface area (Å²) in [4.78, 5) is 21.8. The van der Waals surface area contributed by atoms with E-state index in [0.717, 1.165) is 0 Å². The Kier molecular flexibility index (Phi) is 5.38. The molecule has 0 aromatic rings. The van der Waals surface area contributed by atoms with Crippen LogP contribution in [0.15, 0.2) is 0 Å². The molecule has 0 saturated heterocycles. The molecule has 0 rings (SSSR count). The van der Waals surface area contributed by atoms with Crippen LogP contribution in [0.3, 0.4) is 0 Å². The van der Waals surface area contributed by atoms with Gasteiger partial charge in [-0.2, -0.15) is 0 Å². The van der Waals surface area contributed by atoms with Gasteiger partial charge in [0.25, 0.3) is 0 Å². The number of rotatable bonds is 6. The first kappa shape index (κ1) is 13.1. The first-order chi connectivity index (χ1) is 6.40. The van der Waals surface area contributed by atoms with Gasteiger partial charge in [0, 0.05) is 0 Å². The second-order valence-electron chi connectivity index (χ2n) is 3.84. The van der Waals surface area contributed by atoms with Gasteiger partial charge in [-0.1, -0.05) is 6.92 Å². The highest BCUT2D eigenvalue weighted by atomic mass is 16.7. The molecule has 0 spiro atoms. The van der Waals surface area contributed by atoms with Crippen molar-refractivity contribution in [3.05, 3.63) is 0 Å². The van der Waals surface area contributed by atoms with E-state index in [1.807, 2.05) is 6.92 Å². The van der Waals surface area contributed by atoms with E-state index in [-0.39, 0.29) is 25.2 Å². The van der Waals surface area contributed by atoms with Crippen molar-refractivity contribution >= 4 is 11.8 Å². The second kappa shape index (κ2) is 5.75. The maximum absolute atomic E-state index is 11.4. The van der Waals surface area contributed by atoms with E-state index < -0.39 is 5.41 Å². The van der Waals surface area contributed by atoms with E-state index in [4.69, 9.17) is 9.47 Å². The molecule has 4 heteroatoms. The minimum atomic E-state index is -0.487. The number of hydrogen-bond acceptors (Lipinski definition) is 4. The van der Waals surface area contributed by atoms with E-state index in [9.17, 15) is 9.59 Å². The van der Waals surface area contributed by atoms with Crippen LogP contribution in [-0.2, 0) is 19.1 Å². The monoisotopic (exact) mass is 202 g/mol. The maximum atomic E-state index is 11.4. The van der Waals surface area contributed by atoms with Crippen molar-refractivity contribution in [3.8, 4) is 0 Å². The molecule has 0 heterocycles. The number of hydrogen-bond donors (Lipinski definition) is 0. The molecule has 82 valence electrons. The van der Waals surface area contributed by atoms with Gasteiger partial charge in [-0.3, -0.25) is 9.59 Å². The maximum Gasteiger partial charge on any atom is 0.313 e. The standard InChI is InChI=1S/C10H18O4/c1-5-10(3,4)9(12)14-7-13-6-8(2)11/h5-7H2,1-4H3. The highest BCUT2D eigenvalue weighted by molar-refractivity contribution is 5.77. The zero-order valence-electron chi connectivity index (χ0n) is 9.25. The molecule has 0 unspecified atom stereocenters. The Morgan fingerprint density at radius 1 is 1.29 bits per heavy atom. The van der Waals surface area contributed by atoms with Gasteiger partial charge in [-0.25, -0.2) is 0 Å². The topological polar surface area (TPSA) is 52.6 Å². The fourth-order valence-corrected chi connectivity index (χ4v) is 0.620. The lowest BCUT2D eigenvalue weighted by atomic mass is 9.91. The third-order valence-corrected chi connectivity index (χ3v) is 2.02. The van der Waals surface area contributed by atoms with Crippen molar-refractivity contribution in [2.45, 2.75) is 34.1 Å². The Bertz CT molecular complexity index is 208. The van der Waals surface area contributed by atoms with Gasteiger partial charge in [0.1, 0.15) is 6.61 Å². The Morgan fingerprint density at radius 3 is 2.29 bits per heavy atom. The predicted octanol–water partition coefficient (Wildman–Crippen LogP) is 1.53. The summed E-state index contributed by atoms with van der Waals surface area (Å²) in [6.07, 6.45) is 0.707. The fourth-order valence-electron chi connectivity index (χ4n) is 0.620. The molecule has 0 N–H and O–H groups in total. The molecule has 0 aliphatic carbocycles. The number of Topliss-reactive ketones (excluding diaryl/α,β-unsaturated/α-hetero) is 1. The molecule has 0 atom stereocenters. The van der Waals surface area contributed by atoms with Gasteiger partial charge < -0.3 is 9.47 Å². The van der Waals surface area contributed by atoms with E-state index in [1.165, 1.54) is 6.92 Å². The summed E-state index contributed by atoms with van der Waals surface area (Å²) >= 11 is 0. The molecule has 14 heavy (non-hydrogen) atoms. The van der Waals surface area contributed by atoms with Crippen LogP contribution in [0.1, 0.15) is 34.1 Å². The molecule has 0 amide bonds. The zero-order valence-corrected chi connectivity index (χ0v) is 9.25. The molecule has 0 aromatic heterocycles. The summed E-state index contributed by atoms with van der Waals surface area (Å²) in [5, 5.41) is 0. The van der Waals surface area contributed by atoms with Gasteiger partial charge in [-0.05, 0) is 27.2 Å². The first-order valence-electron chi connectivity index (χ1n) is 4.64. The lowest BCUT2D eigenvalue weighted by molar-refractivity contribution is -0.168. The summed E-state index contributed by atoms with van der Waals surface area (Å²) in [6.45, 7) is 6.78. The predicted molar refractivity (Wildman–Crippen MR) is 51.7 cm³/mol. The quantitative estimate of drug-likeness (QED) is 0.372. The Hall–Kier alpha value is -0.900. The van der Waals surface area contributed by atoms with E-state index >= 15 is 0 Å². The summed E-state index contributed by atoms with van der Waals surface area (Å²) < 4.78 is 9.65. The van der Waals surface area contributed by atoms with Crippen molar-refractivity contribution < 1.29 is 19.1 Å². The summed E-state index contributed by atoms with van der Waals surface area (Å²) in [7, 11) is 0. The molecule has 0 radical (unpaired) electrons. The van der Waals surface area contributed by atoms with Gasteiger partial charge in [0.05, 0.1) is 5.41 Å². The van der Waals surface area contributed by atoms with Crippen molar-refractivity contribution in [2.24, 2.45) is 5.41 Å². The number of esters is 1. The smallest absolute Gasteiger partial charge is 0.313 e. The number of ketones is 1. The third-order valence-electron chi connectivity index (χ3n) is 2.02. The van der Waals surface area contributed by atoms with Crippen LogP contribution in [0.2, 0.25) is 0 Å². The Labute approximate surface area is 84.6 Å². The molecule has 0 aliphatic heterocycles. The molecule has 0 saturated carbocycles. The summed E-state index contributed by atoms with van der Waals surface area (Å²) in [6, 6.07) is 0. The van der Waals surface area contributed by atoms with Crippen LogP contribution in [0.4, 0.5) is 0 Å². The minimum absolute atomic E-state index is 0.0141. The van der Waals surface area contributed by atoms with Crippen LogP contribution in [0.5, 0.6) is 0 Å². The van der Waals surface area contributed by atoms with E-state index in [0.29, 0.717) is 6.42 Å². The first-order valence-corrected chi connectivity index (χ1v) is 4.64. The molecular weight excluding hydrogens is 184 g/mol. The second-order valence-corrected chi connectivity index (χ2v) is 3.84. The number of ether oxygens (including phenoxy) is 2. The van der Waals surface area contributed by atoms with Crippen molar-refractivity contribution in [1.82, 2.24) is 0 Å². The van der Waals surface area contributed by atoms with Crippen molar-refractivity contribution in [3.63, 3.8) is 0 Å². The van der Waals surface area contributed by atoms with Gasteiger partial charge >= 0.3 is 5.97 Å². The van der Waals surface area contributed by atoms with Crippen LogP contribution < -0.4 is 0 Å². The largest absolute Gasteiger partial charge is 0.438 e. The average molecular weight is 202 g/mol. The number of carbonyl (C=O) groups is 2. The van der Waals surface area contributed by atoms with Gasteiger partial charge in [0.2, 0.25) is 0 Å². The lowest BCUT2D eigenvalue weighted by Gasteiger charge is -2.19. The van der Waals surface area contributed by atoms with Crippen LogP contribution in [-0.4, -0.2) is 25.2 Å². The van der Waals surface area contributed by atoms with Crippen LogP contribution >= 0.6 is 0 Å². The molecule has 0 bridgehead atoms. The fraction of sp³-hybridized carbons (Fsp3) is 0.800. The highest BCUT2D eigenvalue weighted by Crippen LogP contribution is 2.21. The Balaban J connectivity index is 3.70.